The Morgan fingerprint density at radius 1 is 1.11 bits per heavy atom. The van der Waals surface area contributed by atoms with E-state index in [1.807, 2.05) is 42.6 Å². The summed E-state index contributed by atoms with van der Waals surface area (Å²) in [4.78, 5) is 34.6. The zero-order valence-corrected chi connectivity index (χ0v) is 20.9. The molecule has 2 aromatic carbocycles. The summed E-state index contributed by atoms with van der Waals surface area (Å²) in [5, 5.41) is 5.91. The Bertz CT molecular complexity index is 1590. The Morgan fingerprint density at radius 3 is 2.74 bits per heavy atom. The topological polar surface area (TPSA) is 79.8 Å². The number of aromatic amines is 1. The number of H-pyrrole nitrogens is 1. The van der Waals surface area contributed by atoms with Crippen LogP contribution in [0.2, 0.25) is 0 Å². The van der Waals surface area contributed by atoms with Gasteiger partial charge in [0.05, 0.1) is 11.3 Å². The number of hydrogen-bond acceptors (Lipinski definition) is 5. The quantitative estimate of drug-likeness (QED) is 0.228. The molecule has 6 rings (SSSR count). The van der Waals surface area contributed by atoms with Gasteiger partial charge < -0.3 is 10.3 Å². The predicted molar refractivity (Wildman–Crippen MR) is 145 cm³/mol. The molecule has 1 aliphatic carbocycles. The van der Waals surface area contributed by atoms with Crippen molar-refractivity contribution in [2.75, 3.05) is 5.75 Å². The molecule has 1 amide bonds. The van der Waals surface area contributed by atoms with E-state index in [0.29, 0.717) is 22.8 Å². The fourth-order valence-corrected chi connectivity index (χ4v) is 6.92. The number of nitrogens with zero attached hydrogens (tertiary/aromatic N) is 2. The summed E-state index contributed by atoms with van der Waals surface area (Å²) in [6, 6.07) is 16.5. The van der Waals surface area contributed by atoms with E-state index in [2.05, 4.69) is 22.4 Å². The highest BCUT2D eigenvalue weighted by Gasteiger charge is 2.20. The van der Waals surface area contributed by atoms with Gasteiger partial charge in [-0.3, -0.25) is 14.2 Å². The van der Waals surface area contributed by atoms with Gasteiger partial charge >= 0.3 is 0 Å². The normalized spacial score (nSPS) is 14.4. The van der Waals surface area contributed by atoms with Crippen LogP contribution >= 0.6 is 23.1 Å². The van der Waals surface area contributed by atoms with Crippen LogP contribution in [0.25, 0.3) is 31.2 Å². The van der Waals surface area contributed by atoms with Gasteiger partial charge in [0.1, 0.15) is 4.70 Å². The van der Waals surface area contributed by atoms with Crippen LogP contribution in [0.5, 0.6) is 0 Å². The van der Waals surface area contributed by atoms with Crippen molar-refractivity contribution in [3.8, 4) is 0 Å². The maximum absolute atomic E-state index is 13.7. The lowest BCUT2D eigenvalue weighted by Gasteiger charge is -2.14. The van der Waals surface area contributed by atoms with Crippen LogP contribution in [-0.2, 0) is 17.8 Å². The first kappa shape index (κ1) is 22.4. The SMILES string of the molecule is O=C(CSc1nc2c(sc3ccccc32)c(=O)n1CCc1c[nH]c2ccccc12)NC1CCCC1. The third-order valence-corrected chi connectivity index (χ3v) is 8.90. The minimum Gasteiger partial charge on any atom is -0.361 e. The second-order valence-corrected chi connectivity index (χ2v) is 11.1. The summed E-state index contributed by atoms with van der Waals surface area (Å²) in [7, 11) is 0. The molecule has 0 bridgehead atoms. The van der Waals surface area contributed by atoms with Crippen LogP contribution in [0, 0.1) is 0 Å². The Kier molecular flexibility index (Phi) is 6.08. The zero-order chi connectivity index (χ0) is 23.8. The number of carbonyl (C=O) groups excluding carboxylic acids is 1. The van der Waals surface area contributed by atoms with Crippen molar-refractivity contribution in [1.29, 1.82) is 0 Å². The minimum absolute atomic E-state index is 0.00889. The molecule has 0 atom stereocenters. The van der Waals surface area contributed by atoms with E-state index in [1.54, 1.807) is 4.57 Å². The van der Waals surface area contributed by atoms with Crippen molar-refractivity contribution < 1.29 is 4.79 Å². The molecule has 8 heteroatoms. The van der Waals surface area contributed by atoms with Crippen LogP contribution in [0.15, 0.2) is 64.7 Å². The summed E-state index contributed by atoms with van der Waals surface area (Å²) >= 11 is 2.85. The molecule has 3 aromatic heterocycles. The lowest BCUT2D eigenvalue weighted by Crippen LogP contribution is -2.34. The third kappa shape index (κ3) is 4.36. The van der Waals surface area contributed by atoms with Gasteiger partial charge in [0.25, 0.3) is 5.56 Å². The van der Waals surface area contributed by atoms with Gasteiger partial charge in [0.2, 0.25) is 5.91 Å². The Balaban J connectivity index is 1.34. The highest BCUT2D eigenvalue weighted by atomic mass is 32.2. The average Bonchev–Trinajstić information content (AvgIpc) is 3.61. The van der Waals surface area contributed by atoms with E-state index in [9.17, 15) is 9.59 Å². The van der Waals surface area contributed by atoms with E-state index in [-0.39, 0.29) is 23.3 Å². The smallest absolute Gasteiger partial charge is 0.272 e. The summed E-state index contributed by atoms with van der Waals surface area (Å²) in [5.41, 5.74) is 2.96. The number of fused-ring (bicyclic) bond motifs is 4. The molecule has 1 aliphatic rings. The van der Waals surface area contributed by atoms with E-state index >= 15 is 0 Å². The van der Waals surface area contributed by atoms with E-state index in [0.717, 1.165) is 34.0 Å². The number of carbonyl (C=O) groups is 1. The van der Waals surface area contributed by atoms with Crippen LogP contribution in [0.3, 0.4) is 0 Å². The van der Waals surface area contributed by atoms with Crippen LogP contribution in [-0.4, -0.2) is 32.2 Å². The van der Waals surface area contributed by atoms with Crippen LogP contribution in [0.1, 0.15) is 31.2 Å². The Labute approximate surface area is 210 Å². The largest absolute Gasteiger partial charge is 0.361 e. The molecule has 3 heterocycles. The number of nitrogens with one attached hydrogen (secondary N) is 2. The summed E-state index contributed by atoms with van der Waals surface area (Å²) < 4.78 is 3.48. The van der Waals surface area contributed by atoms with Gasteiger partial charge in [-0.05, 0) is 37.0 Å². The van der Waals surface area contributed by atoms with Gasteiger partial charge in [-0.1, -0.05) is 61.0 Å². The molecule has 0 radical (unpaired) electrons. The van der Waals surface area contributed by atoms with Crippen molar-refractivity contribution in [3.63, 3.8) is 0 Å². The molecule has 178 valence electrons. The van der Waals surface area contributed by atoms with Crippen molar-refractivity contribution in [3.05, 3.63) is 70.6 Å². The average molecular weight is 503 g/mol. The number of amides is 1. The standard InChI is InChI=1S/C27H26N4O2S2/c32-23(29-18-7-1-2-8-18)16-34-27-30-24-20-10-4-6-12-22(20)35-25(24)26(33)31(27)14-13-17-15-28-21-11-5-3-9-19(17)21/h3-6,9-12,15,18,28H,1-2,7-8,13-14,16H2,(H,29,32). The summed E-state index contributed by atoms with van der Waals surface area (Å²) in [6.07, 6.45) is 7.17. The fourth-order valence-electron chi connectivity index (χ4n) is 5.00. The Morgan fingerprint density at radius 2 is 1.89 bits per heavy atom. The number of aryl methyl sites for hydroxylation is 1. The number of hydrogen-bond donors (Lipinski definition) is 2. The zero-order valence-electron chi connectivity index (χ0n) is 19.3. The molecular weight excluding hydrogens is 476 g/mol. The molecule has 0 unspecified atom stereocenters. The Hall–Kier alpha value is -3.10. The number of rotatable bonds is 7. The lowest BCUT2D eigenvalue weighted by molar-refractivity contribution is -0.119. The van der Waals surface area contributed by atoms with Crippen molar-refractivity contribution >= 4 is 60.2 Å². The summed E-state index contributed by atoms with van der Waals surface area (Å²) in [5.74, 6) is 0.262. The number of thioether (sulfide) groups is 1. The van der Waals surface area contributed by atoms with Gasteiger partial charge in [-0.2, -0.15) is 0 Å². The monoisotopic (exact) mass is 502 g/mol. The first-order chi connectivity index (χ1) is 17.2. The molecule has 0 aliphatic heterocycles. The van der Waals surface area contributed by atoms with Crippen molar-refractivity contribution in [1.82, 2.24) is 19.9 Å². The van der Waals surface area contributed by atoms with Gasteiger partial charge in [-0.25, -0.2) is 4.98 Å². The van der Waals surface area contributed by atoms with Gasteiger partial charge in [-0.15, -0.1) is 11.3 Å². The second kappa shape index (κ2) is 9.51. The number of benzene rings is 2. The summed E-state index contributed by atoms with van der Waals surface area (Å²) in [6.45, 7) is 0.504. The van der Waals surface area contributed by atoms with Crippen LogP contribution in [0.4, 0.5) is 0 Å². The molecule has 1 saturated carbocycles. The number of aromatic nitrogens is 3. The molecule has 6 nitrogen and oxygen atoms in total. The van der Waals surface area contributed by atoms with Crippen molar-refractivity contribution in [2.45, 2.75) is 49.8 Å². The highest BCUT2D eigenvalue weighted by Crippen LogP contribution is 2.32. The van der Waals surface area contributed by atoms with E-state index < -0.39 is 0 Å². The van der Waals surface area contributed by atoms with Gasteiger partial charge in [0.15, 0.2) is 5.16 Å². The third-order valence-electron chi connectivity index (χ3n) is 6.78. The first-order valence-corrected chi connectivity index (χ1v) is 13.9. The van der Waals surface area contributed by atoms with E-state index in [1.165, 1.54) is 46.9 Å². The minimum atomic E-state index is -0.0326. The highest BCUT2D eigenvalue weighted by molar-refractivity contribution is 7.99. The predicted octanol–water partition coefficient (Wildman–Crippen LogP) is 5.49. The molecule has 35 heavy (non-hydrogen) atoms. The van der Waals surface area contributed by atoms with Gasteiger partial charge in [0, 0.05) is 39.8 Å². The fraction of sp³-hybridized carbons (Fsp3) is 0.296. The molecule has 1 fully saturated rings. The number of thiophene rings is 1. The molecule has 0 saturated heterocycles. The molecular formula is C27H26N4O2S2. The second-order valence-electron chi connectivity index (χ2n) is 9.07. The molecule has 2 N–H and O–H groups in total. The first-order valence-electron chi connectivity index (χ1n) is 12.1. The number of para-hydroxylation sites is 1. The van der Waals surface area contributed by atoms with E-state index in [4.69, 9.17) is 4.98 Å². The maximum atomic E-state index is 13.7. The molecule has 0 spiro atoms. The van der Waals surface area contributed by atoms with Crippen molar-refractivity contribution in [2.24, 2.45) is 0 Å². The lowest BCUT2D eigenvalue weighted by atomic mass is 10.1. The van der Waals surface area contributed by atoms with Crippen LogP contribution < -0.4 is 10.9 Å². The molecule has 5 aromatic rings. The maximum Gasteiger partial charge on any atom is 0.272 e.